The summed E-state index contributed by atoms with van der Waals surface area (Å²) in [5.74, 6) is 0.0600. The first-order chi connectivity index (χ1) is 15.6. The minimum absolute atomic E-state index is 0.225. The van der Waals surface area contributed by atoms with Gasteiger partial charge in [-0.25, -0.2) is 8.42 Å². The monoisotopic (exact) mass is 469 g/mol. The Morgan fingerprint density at radius 2 is 1.88 bits per heavy atom. The van der Waals surface area contributed by atoms with E-state index in [0.717, 1.165) is 0 Å². The third-order valence-electron chi connectivity index (χ3n) is 5.94. The van der Waals surface area contributed by atoms with Crippen molar-refractivity contribution in [3.05, 3.63) is 46.9 Å². The fourth-order valence-electron chi connectivity index (χ4n) is 4.00. The number of fused-ring (bicyclic) bond motifs is 1. The Morgan fingerprint density at radius 3 is 2.55 bits per heavy atom. The maximum Gasteiger partial charge on any atom is 0.261 e. The van der Waals surface area contributed by atoms with Crippen molar-refractivity contribution in [2.75, 3.05) is 18.5 Å². The van der Waals surface area contributed by atoms with Crippen LogP contribution in [0.15, 0.2) is 46.2 Å². The number of nitrogens with one attached hydrogen (secondary N) is 2. The van der Waals surface area contributed by atoms with Crippen molar-refractivity contribution in [2.24, 2.45) is 5.92 Å². The molecule has 2 atom stereocenters. The molecule has 1 fully saturated rings. The molecule has 0 radical (unpaired) electrons. The van der Waals surface area contributed by atoms with Gasteiger partial charge in [-0.05, 0) is 63.9 Å². The summed E-state index contributed by atoms with van der Waals surface area (Å²) >= 11 is 0. The second-order valence-corrected chi connectivity index (χ2v) is 11.8. The summed E-state index contributed by atoms with van der Waals surface area (Å²) in [4.78, 5) is 15.6. The van der Waals surface area contributed by atoms with E-state index in [2.05, 4.69) is 21.5 Å². The number of H-pyrrole nitrogens is 1. The van der Waals surface area contributed by atoms with Crippen LogP contribution >= 0.6 is 0 Å². The third kappa shape index (κ3) is 4.26. The summed E-state index contributed by atoms with van der Waals surface area (Å²) in [6, 6.07) is 10.3. The molecule has 0 saturated carbocycles. The highest BCUT2D eigenvalue weighted by Gasteiger charge is 2.31. The first-order valence-corrected chi connectivity index (χ1v) is 12.3. The zero-order chi connectivity index (χ0) is 23.8. The van der Waals surface area contributed by atoms with E-state index in [-0.39, 0.29) is 22.4 Å². The van der Waals surface area contributed by atoms with Gasteiger partial charge in [-0.15, -0.1) is 0 Å². The number of nitriles is 1. The molecule has 2 aromatic heterocycles. The molecule has 3 aromatic rings. The molecule has 1 unspecified atom stereocenters. The summed E-state index contributed by atoms with van der Waals surface area (Å²) in [6.45, 7) is 6.01. The van der Waals surface area contributed by atoms with E-state index in [1.54, 1.807) is 62.0 Å². The van der Waals surface area contributed by atoms with Crippen molar-refractivity contribution in [3.8, 4) is 6.07 Å². The van der Waals surface area contributed by atoms with Crippen molar-refractivity contribution in [2.45, 2.75) is 49.3 Å². The van der Waals surface area contributed by atoms with Crippen molar-refractivity contribution in [1.29, 1.82) is 5.26 Å². The minimum Gasteiger partial charge on any atom is -0.381 e. The van der Waals surface area contributed by atoms with Gasteiger partial charge in [0, 0.05) is 25.1 Å². The third-order valence-corrected chi connectivity index (χ3v) is 8.44. The highest BCUT2D eigenvalue weighted by atomic mass is 32.2. The lowest BCUT2D eigenvalue weighted by Crippen LogP contribution is -2.27. The lowest BCUT2D eigenvalue weighted by Gasteiger charge is -2.20. The van der Waals surface area contributed by atoms with Gasteiger partial charge >= 0.3 is 0 Å². The Morgan fingerprint density at radius 1 is 1.18 bits per heavy atom. The van der Waals surface area contributed by atoms with Gasteiger partial charge in [0.05, 0.1) is 33.2 Å². The number of sulfone groups is 1. The molecule has 1 aliphatic rings. The second-order valence-electron chi connectivity index (χ2n) is 9.12. The number of hydrogen-bond acceptors (Lipinski definition) is 7. The lowest BCUT2D eigenvalue weighted by atomic mass is 9.96. The molecule has 0 bridgehead atoms. The average molecular weight is 470 g/mol. The van der Waals surface area contributed by atoms with Gasteiger partial charge in [0.2, 0.25) is 0 Å². The van der Waals surface area contributed by atoms with Gasteiger partial charge in [0.25, 0.3) is 5.56 Å². The standard InChI is InChI=1S/C23H27N5O4S/c1-23(2,3)33(30,31)17-6-4-16(5-7-17)26-21-20-19(8-11-25-22(20)29)28(27-21)18-10-13-32-12-9-15(18)14-24/h4-8,11,15,18H,9-10,12-13H2,1-3H3,(H,25,29)(H,26,27)/t15?,18-/m0/s1. The molecular weight excluding hydrogens is 442 g/mol. The van der Waals surface area contributed by atoms with Crippen LogP contribution in [0.4, 0.5) is 11.5 Å². The maximum absolute atomic E-state index is 12.7. The normalized spacial score (nSPS) is 19.7. The molecule has 0 aliphatic carbocycles. The Hall–Kier alpha value is -3.16. The summed E-state index contributed by atoms with van der Waals surface area (Å²) < 4.78 is 31.8. The number of aromatic nitrogens is 3. The van der Waals surface area contributed by atoms with Crippen LogP contribution in [0.3, 0.4) is 0 Å². The Bertz CT molecular complexity index is 1360. The van der Waals surface area contributed by atoms with E-state index >= 15 is 0 Å². The van der Waals surface area contributed by atoms with Gasteiger partial charge < -0.3 is 15.0 Å². The number of nitrogens with zero attached hydrogens (tertiary/aromatic N) is 3. The highest BCUT2D eigenvalue weighted by Crippen LogP contribution is 2.33. The van der Waals surface area contributed by atoms with Crippen molar-refractivity contribution in [3.63, 3.8) is 0 Å². The SMILES string of the molecule is CC(C)(C)S(=O)(=O)c1ccc(Nc2nn([C@H]3CCOCCC3C#N)c3cc[nH]c(=O)c23)cc1. The average Bonchev–Trinajstić information content (AvgIpc) is 2.97. The van der Waals surface area contributed by atoms with Crippen molar-refractivity contribution < 1.29 is 13.2 Å². The van der Waals surface area contributed by atoms with Crippen molar-refractivity contribution >= 4 is 32.2 Å². The fourth-order valence-corrected chi connectivity index (χ4v) is 5.20. The Labute approximate surface area is 192 Å². The number of rotatable bonds is 4. The molecule has 4 rings (SSSR count). The largest absolute Gasteiger partial charge is 0.381 e. The van der Waals surface area contributed by atoms with Crippen molar-refractivity contribution in [1.82, 2.24) is 14.8 Å². The molecule has 0 spiro atoms. The summed E-state index contributed by atoms with van der Waals surface area (Å²) in [7, 11) is -3.48. The molecule has 1 saturated heterocycles. The number of ether oxygens (including phenoxy) is 1. The van der Waals surface area contributed by atoms with Gasteiger partial charge in [-0.1, -0.05) is 0 Å². The van der Waals surface area contributed by atoms with Crippen LogP contribution in [-0.4, -0.2) is 41.1 Å². The molecule has 0 amide bonds. The minimum atomic E-state index is -3.48. The maximum atomic E-state index is 12.7. The molecule has 174 valence electrons. The predicted molar refractivity (Wildman–Crippen MR) is 125 cm³/mol. The van der Waals surface area contributed by atoms with E-state index in [1.165, 1.54) is 0 Å². The van der Waals surface area contributed by atoms with Crippen LogP contribution in [-0.2, 0) is 14.6 Å². The van der Waals surface area contributed by atoms with Crippen LogP contribution in [0.25, 0.3) is 10.9 Å². The number of aromatic amines is 1. The summed E-state index contributed by atoms with van der Waals surface area (Å²) in [6.07, 6.45) is 2.77. The van der Waals surface area contributed by atoms with Gasteiger partial charge in [0.1, 0.15) is 5.39 Å². The Balaban J connectivity index is 1.74. The summed E-state index contributed by atoms with van der Waals surface area (Å²) in [5.41, 5.74) is 0.922. The fraction of sp³-hybridized carbons (Fsp3) is 0.435. The lowest BCUT2D eigenvalue weighted by molar-refractivity contribution is 0.141. The number of benzene rings is 1. The Kier molecular flexibility index (Phi) is 6.03. The van der Waals surface area contributed by atoms with Crippen LogP contribution in [0.2, 0.25) is 0 Å². The van der Waals surface area contributed by atoms with Crippen LogP contribution in [0, 0.1) is 17.2 Å². The molecular formula is C23H27N5O4S. The van der Waals surface area contributed by atoms with E-state index in [0.29, 0.717) is 48.5 Å². The van der Waals surface area contributed by atoms with E-state index in [4.69, 9.17) is 4.74 Å². The second kappa shape index (κ2) is 8.65. The summed E-state index contributed by atoms with van der Waals surface area (Å²) in [5, 5.41) is 17.9. The topological polar surface area (TPSA) is 130 Å². The van der Waals surface area contributed by atoms with Crippen LogP contribution in [0.5, 0.6) is 0 Å². The zero-order valence-corrected chi connectivity index (χ0v) is 19.6. The number of pyridine rings is 1. The highest BCUT2D eigenvalue weighted by molar-refractivity contribution is 7.92. The molecule has 1 aromatic carbocycles. The first-order valence-electron chi connectivity index (χ1n) is 10.8. The predicted octanol–water partition coefficient (Wildman–Crippen LogP) is 3.53. The smallest absolute Gasteiger partial charge is 0.261 e. The molecule has 10 heteroatoms. The van der Waals surface area contributed by atoms with Gasteiger partial charge in [-0.2, -0.15) is 10.4 Å². The van der Waals surface area contributed by atoms with E-state index < -0.39 is 14.6 Å². The van der Waals surface area contributed by atoms with E-state index in [1.807, 2.05) is 0 Å². The van der Waals surface area contributed by atoms with Gasteiger partial charge in [0.15, 0.2) is 15.7 Å². The molecule has 1 aliphatic heterocycles. The first kappa shape index (κ1) is 23.0. The molecule has 9 nitrogen and oxygen atoms in total. The number of hydrogen-bond donors (Lipinski definition) is 2. The van der Waals surface area contributed by atoms with Crippen LogP contribution < -0.4 is 10.9 Å². The zero-order valence-electron chi connectivity index (χ0n) is 18.8. The molecule has 3 heterocycles. The molecule has 33 heavy (non-hydrogen) atoms. The number of anilines is 2. The van der Waals surface area contributed by atoms with Crippen LogP contribution in [0.1, 0.15) is 39.7 Å². The quantitative estimate of drug-likeness (QED) is 0.598. The van der Waals surface area contributed by atoms with Gasteiger partial charge in [-0.3, -0.25) is 9.48 Å². The molecule has 2 N–H and O–H groups in total. The van der Waals surface area contributed by atoms with E-state index in [9.17, 15) is 18.5 Å².